The maximum absolute atomic E-state index is 4.36. The zero-order valence-corrected chi connectivity index (χ0v) is 10.6. The maximum atomic E-state index is 4.36. The predicted molar refractivity (Wildman–Crippen MR) is 61.9 cm³/mol. The quantitative estimate of drug-likeness (QED) is 0.687. The molecule has 0 aromatic carbocycles. The minimum Gasteiger partial charge on any atom is -0.262 e. The SMILES string of the molecule is CC(C)(C)CCc1n[nH]c(CI)n1. The molecule has 1 aromatic rings. The highest BCUT2D eigenvalue weighted by atomic mass is 127. The van der Waals surface area contributed by atoms with Crippen molar-refractivity contribution in [1.29, 1.82) is 0 Å². The van der Waals surface area contributed by atoms with Crippen LogP contribution in [0, 0.1) is 5.41 Å². The molecule has 1 heterocycles. The number of aryl methyl sites for hydroxylation is 1. The van der Waals surface area contributed by atoms with Crippen LogP contribution in [0.5, 0.6) is 0 Å². The lowest BCUT2D eigenvalue weighted by molar-refractivity contribution is 0.374. The minimum absolute atomic E-state index is 0.366. The highest BCUT2D eigenvalue weighted by molar-refractivity contribution is 14.1. The summed E-state index contributed by atoms with van der Waals surface area (Å²) in [4.78, 5) is 4.36. The first-order valence-electron chi connectivity index (χ1n) is 4.47. The Morgan fingerprint density at radius 3 is 2.54 bits per heavy atom. The first kappa shape index (κ1) is 10.9. The van der Waals surface area contributed by atoms with E-state index < -0.39 is 0 Å². The van der Waals surface area contributed by atoms with Crippen molar-refractivity contribution in [3.63, 3.8) is 0 Å². The van der Waals surface area contributed by atoms with Gasteiger partial charge in [0.1, 0.15) is 5.82 Å². The van der Waals surface area contributed by atoms with Crippen molar-refractivity contribution >= 4 is 22.6 Å². The van der Waals surface area contributed by atoms with E-state index in [-0.39, 0.29) is 0 Å². The average Bonchev–Trinajstić information content (AvgIpc) is 2.47. The van der Waals surface area contributed by atoms with E-state index in [4.69, 9.17) is 0 Å². The van der Waals surface area contributed by atoms with Gasteiger partial charge < -0.3 is 0 Å². The summed E-state index contributed by atoms with van der Waals surface area (Å²) in [5.74, 6) is 1.92. The van der Waals surface area contributed by atoms with Crippen molar-refractivity contribution < 1.29 is 0 Å². The van der Waals surface area contributed by atoms with Crippen LogP contribution in [-0.4, -0.2) is 15.2 Å². The van der Waals surface area contributed by atoms with Crippen LogP contribution in [0.4, 0.5) is 0 Å². The topological polar surface area (TPSA) is 41.6 Å². The lowest BCUT2D eigenvalue weighted by atomic mass is 9.90. The van der Waals surface area contributed by atoms with E-state index in [1.54, 1.807) is 0 Å². The zero-order chi connectivity index (χ0) is 9.90. The molecule has 0 atom stereocenters. The van der Waals surface area contributed by atoms with Crippen LogP contribution in [0.1, 0.15) is 38.8 Å². The Morgan fingerprint density at radius 2 is 2.08 bits per heavy atom. The zero-order valence-electron chi connectivity index (χ0n) is 8.39. The van der Waals surface area contributed by atoms with Crippen molar-refractivity contribution in [2.45, 2.75) is 38.0 Å². The van der Waals surface area contributed by atoms with Gasteiger partial charge in [0, 0.05) is 6.42 Å². The van der Waals surface area contributed by atoms with Crippen molar-refractivity contribution in [1.82, 2.24) is 15.2 Å². The summed E-state index contributed by atoms with van der Waals surface area (Å²) in [6, 6.07) is 0. The van der Waals surface area contributed by atoms with Gasteiger partial charge in [-0.3, -0.25) is 5.10 Å². The molecule has 0 aliphatic heterocycles. The van der Waals surface area contributed by atoms with Crippen molar-refractivity contribution in [3.05, 3.63) is 11.6 Å². The lowest BCUT2D eigenvalue weighted by Crippen LogP contribution is -2.07. The van der Waals surface area contributed by atoms with E-state index in [2.05, 4.69) is 58.5 Å². The molecule has 0 spiro atoms. The second-order valence-corrected chi connectivity index (χ2v) is 5.16. The molecule has 13 heavy (non-hydrogen) atoms. The Balaban J connectivity index is 2.46. The van der Waals surface area contributed by atoms with Gasteiger partial charge in [-0.25, -0.2) is 4.98 Å². The van der Waals surface area contributed by atoms with Gasteiger partial charge >= 0.3 is 0 Å². The summed E-state index contributed by atoms with van der Waals surface area (Å²) in [7, 11) is 0. The van der Waals surface area contributed by atoms with E-state index in [1.165, 1.54) is 0 Å². The molecule has 0 saturated heterocycles. The summed E-state index contributed by atoms with van der Waals surface area (Å²) >= 11 is 2.28. The summed E-state index contributed by atoms with van der Waals surface area (Å²) in [5.41, 5.74) is 0.366. The number of nitrogens with zero attached hydrogens (tertiary/aromatic N) is 2. The molecular weight excluding hydrogens is 277 g/mol. The number of hydrogen-bond donors (Lipinski definition) is 1. The molecule has 1 rings (SSSR count). The summed E-state index contributed by atoms with van der Waals surface area (Å²) in [6.07, 6.45) is 2.10. The van der Waals surface area contributed by atoms with Gasteiger partial charge in [-0.15, -0.1) is 0 Å². The van der Waals surface area contributed by atoms with Crippen molar-refractivity contribution in [2.24, 2.45) is 5.41 Å². The maximum Gasteiger partial charge on any atom is 0.150 e. The number of rotatable bonds is 3. The van der Waals surface area contributed by atoms with E-state index in [1.807, 2.05) is 0 Å². The molecule has 0 radical (unpaired) electrons. The summed E-state index contributed by atoms with van der Waals surface area (Å²) < 4.78 is 0.903. The van der Waals surface area contributed by atoms with Gasteiger partial charge in [0.2, 0.25) is 0 Å². The smallest absolute Gasteiger partial charge is 0.150 e. The Labute approximate surface area is 92.9 Å². The molecule has 3 nitrogen and oxygen atoms in total. The molecular formula is C9H16IN3. The standard InChI is InChI=1S/C9H16IN3/c1-9(2,3)5-4-7-11-8(6-10)13-12-7/h4-6H2,1-3H3,(H,11,12,13). The van der Waals surface area contributed by atoms with Gasteiger partial charge in [-0.1, -0.05) is 43.4 Å². The molecule has 1 aromatic heterocycles. The van der Waals surface area contributed by atoms with Crippen molar-refractivity contribution in [2.75, 3.05) is 0 Å². The van der Waals surface area contributed by atoms with Crippen LogP contribution in [0.3, 0.4) is 0 Å². The molecule has 0 bridgehead atoms. The Kier molecular flexibility index (Phi) is 3.70. The monoisotopic (exact) mass is 293 g/mol. The van der Waals surface area contributed by atoms with E-state index in [9.17, 15) is 0 Å². The van der Waals surface area contributed by atoms with Crippen LogP contribution in [0.2, 0.25) is 0 Å². The fraction of sp³-hybridized carbons (Fsp3) is 0.778. The first-order valence-corrected chi connectivity index (χ1v) is 6.00. The molecule has 0 aliphatic carbocycles. The molecule has 74 valence electrons. The summed E-state index contributed by atoms with van der Waals surface area (Å²) in [5, 5.41) is 7.07. The van der Waals surface area contributed by atoms with Gasteiger partial charge in [-0.05, 0) is 11.8 Å². The van der Waals surface area contributed by atoms with Crippen LogP contribution >= 0.6 is 22.6 Å². The van der Waals surface area contributed by atoms with Crippen LogP contribution in [0.15, 0.2) is 0 Å². The largest absolute Gasteiger partial charge is 0.262 e. The Bertz CT molecular complexity index is 262. The van der Waals surface area contributed by atoms with E-state index in [0.717, 1.165) is 28.9 Å². The normalized spacial score (nSPS) is 12.0. The first-order chi connectivity index (χ1) is 6.01. The number of halogens is 1. The second kappa shape index (κ2) is 4.39. The summed E-state index contributed by atoms with van der Waals surface area (Å²) in [6.45, 7) is 6.71. The highest BCUT2D eigenvalue weighted by Gasteiger charge is 2.11. The van der Waals surface area contributed by atoms with E-state index >= 15 is 0 Å². The number of alkyl halides is 1. The molecule has 0 saturated carbocycles. The number of aromatic amines is 1. The molecule has 0 amide bonds. The molecule has 0 fully saturated rings. The van der Waals surface area contributed by atoms with Gasteiger partial charge in [0.15, 0.2) is 5.82 Å². The van der Waals surface area contributed by atoms with Crippen LogP contribution < -0.4 is 0 Å². The third kappa shape index (κ3) is 4.06. The Morgan fingerprint density at radius 1 is 1.38 bits per heavy atom. The van der Waals surface area contributed by atoms with Gasteiger partial charge in [0.05, 0.1) is 4.43 Å². The molecule has 4 heteroatoms. The van der Waals surface area contributed by atoms with Crippen molar-refractivity contribution in [3.8, 4) is 0 Å². The minimum atomic E-state index is 0.366. The average molecular weight is 293 g/mol. The van der Waals surface area contributed by atoms with Gasteiger partial charge in [0.25, 0.3) is 0 Å². The molecule has 0 unspecified atom stereocenters. The molecule has 0 aliphatic rings. The third-order valence-electron chi connectivity index (χ3n) is 1.80. The number of hydrogen-bond acceptors (Lipinski definition) is 2. The van der Waals surface area contributed by atoms with Gasteiger partial charge in [-0.2, -0.15) is 5.10 Å². The predicted octanol–water partition coefficient (Wildman–Crippen LogP) is 2.72. The number of aromatic nitrogens is 3. The third-order valence-corrected chi connectivity index (χ3v) is 2.53. The molecule has 1 N–H and O–H groups in total. The number of H-pyrrole nitrogens is 1. The fourth-order valence-corrected chi connectivity index (χ4v) is 1.33. The highest BCUT2D eigenvalue weighted by Crippen LogP contribution is 2.20. The van der Waals surface area contributed by atoms with E-state index in [0.29, 0.717) is 5.41 Å². The lowest BCUT2D eigenvalue weighted by Gasteiger charge is -2.16. The van der Waals surface area contributed by atoms with Crippen LogP contribution in [-0.2, 0) is 10.8 Å². The number of nitrogens with one attached hydrogen (secondary N) is 1. The Hall–Kier alpha value is -0.130. The fourth-order valence-electron chi connectivity index (χ4n) is 0.993. The van der Waals surface area contributed by atoms with Crippen LogP contribution in [0.25, 0.3) is 0 Å². The second-order valence-electron chi connectivity index (χ2n) is 4.39.